The minimum absolute atomic E-state index is 0.00392. The Morgan fingerprint density at radius 3 is 1.81 bits per heavy atom. The minimum Gasteiger partial charge on any atom is -0.320 e. The third-order valence-corrected chi connectivity index (χ3v) is 7.17. The summed E-state index contributed by atoms with van der Waals surface area (Å²) in [6, 6.07) is 18.3. The maximum absolute atomic E-state index is 14.9. The van der Waals surface area contributed by atoms with E-state index in [-0.39, 0.29) is 26.1 Å². The Hall–Kier alpha value is -1.39. The molecular formula is C20H23F2O2PS. The summed E-state index contributed by atoms with van der Waals surface area (Å²) in [5.74, 6) is 0. The molecule has 0 bridgehead atoms. The fraction of sp³-hybridized carbons (Fsp3) is 0.300. The van der Waals surface area contributed by atoms with Gasteiger partial charge in [-0.2, -0.15) is 8.78 Å². The first-order valence-electron chi connectivity index (χ1n) is 8.43. The lowest BCUT2D eigenvalue weighted by Gasteiger charge is -2.30. The molecule has 0 atom stereocenters. The van der Waals surface area contributed by atoms with E-state index in [0.717, 1.165) is 11.1 Å². The number of benzene rings is 2. The topological polar surface area (TPSA) is 18.5 Å². The van der Waals surface area contributed by atoms with Crippen LogP contribution >= 0.6 is 6.49 Å². The molecule has 0 aliphatic heterocycles. The minimum atomic E-state index is -3.83. The number of hydrogen-bond acceptors (Lipinski definition) is 3. The third-order valence-electron chi connectivity index (χ3n) is 3.77. The Morgan fingerprint density at radius 1 is 0.923 bits per heavy atom. The quantitative estimate of drug-likeness (QED) is 0.240. The van der Waals surface area contributed by atoms with Gasteiger partial charge in [-0.25, -0.2) is 0 Å². The van der Waals surface area contributed by atoms with E-state index in [2.05, 4.69) is 6.58 Å². The van der Waals surface area contributed by atoms with Gasteiger partial charge in [-0.05, 0) is 35.8 Å². The first-order chi connectivity index (χ1) is 12.5. The van der Waals surface area contributed by atoms with E-state index < -0.39 is 12.2 Å². The number of hydrogen-bond donors (Lipinski definition) is 0. The van der Waals surface area contributed by atoms with Crippen molar-refractivity contribution in [3.8, 4) is 0 Å². The highest BCUT2D eigenvalue weighted by molar-refractivity contribution is 8.10. The zero-order chi connectivity index (χ0) is 18.9. The molecule has 2 aromatic carbocycles. The first-order valence-corrected chi connectivity index (χ1v) is 11.1. The molecule has 2 aromatic rings. The molecule has 0 unspecified atom stereocenters. The van der Waals surface area contributed by atoms with Crippen LogP contribution in [0.15, 0.2) is 73.3 Å². The molecule has 26 heavy (non-hydrogen) atoms. The number of unbranched alkanes of at least 4 members (excludes halogenated alkanes) is 1. The largest absolute Gasteiger partial charge is 0.320 e. The molecule has 0 fully saturated rings. The highest BCUT2D eigenvalue weighted by Gasteiger charge is 2.48. The average Bonchev–Trinajstić information content (AvgIpc) is 2.66. The molecule has 140 valence electrons. The summed E-state index contributed by atoms with van der Waals surface area (Å²) in [5, 5.41) is 0. The molecule has 0 aliphatic carbocycles. The molecule has 0 aliphatic rings. The second kappa shape index (κ2) is 10.1. The van der Waals surface area contributed by atoms with E-state index in [1.165, 1.54) is 0 Å². The molecule has 2 rings (SSSR count). The molecule has 0 aromatic heterocycles. The van der Waals surface area contributed by atoms with Crippen LogP contribution in [0.25, 0.3) is 0 Å². The summed E-state index contributed by atoms with van der Waals surface area (Å²) in [4.78, 5) is 0. The van der Waals surface area contributed by atoms with Crippen molar-refractivity contribution in [3.63, 3.8) is 0 Å². The zero-order valence-electron chi connectivity index (χ0n) is 14.5. The SMILES string of the molecule is C=CCCCC(F)(F)P(=S)(OCc1ccccc1)OCc1ccccc1. The van der Waals surface area contributed by atoms with Crippen molar-refractivity contribution in [1.29, 1.82) is 0 Å². The van der Waals surface area contributed by atoms with Crippen molar-refractivity contribution in [2.45, 2.75) is 38.1 Å². The van der Waals surface area contributed by atoms with Crippen LogP contribution in [0.2, 0.25) is 0 Å². The monoisotopic (exact) mass is 396 g/mol. The molecule has 2 nitrogen and oxygen atoms in total. The van der Waals surface area contributed by atoms with Crippen molar-refractivity contribution in [2.24, 2.45) is 0 Å². The predicted octanol–water partition coefficient (Wildman–Crippen LogP) is 6.68. The number of rotatable bonds is 11. The van der Waals surface area contributed by atoms with Crippen molar-refractivity contribution in [2.75, 3.05) is 0 Å². The maximum atomic E-state index is 14.9. The molecule has 0 saturated heterocycles. The van der Waals surface area contributed by atoms with E-state index in [1.54, 1.807) is 6.08 Å². The lowest BCUT2D eigenvalue weighted by molar-refractivity contribution is 0.0430. The van der Waals surface area contributed by atoms with E-state index in [1.807, 2.05) is 60.7 Å². The summed E-state index contributed by atoms with van der Waals surface area (Å²) in [5.41, 5.74) is -1.63. The highest BCUT2D eigenvalue weighted by atomic mass is 32.5. The van der Waals surface area contributed by atoms with Crippen molar-refractivity contribution < 1.29 is 17.8 Å². The second-order valence-electron chi connectivity index (χ2n) is 5.86. The highest BCUT2D eigenvalue weighted by Crippen LogP contribution is 2.64. The molecular weight excluding hydrogens is 373 g/mol. The van der Waals surface area contributed by atoms with Crippen molar-refractivity contribution in [1.82, 2.24) is 0 Å². The van der Waals surface area contributed by atoms with Gasteiger partial charge in [0, 0.05) is 6.42 Å². The molecule has 0 spiro atoms. The molecule has 0 N–H and O–H groups in total. The molecule has 0 heterocycles. The first kappa shape index (κ1) is 20.9. The van der Waals surface area contributed by atoms with Gasteiger partial charge in [0.25, 0.3) is 6.49 Å². The second-order valence-corrected chi connectivity index (χ2v) is 9.47. The summed E-state index contributed by atoms with van der Waals surface area (Å²) >= 11 is 5.28. The molecule has 0 amide bonds. The van der Waals surface area contributed by atoms with Crippen molar-refractivity contribution >= 4 is 18.3 Å². The smallest absolute Gasteiger partial charge is 0.320 e. The predicted molar refractivity (Wildman–Crippen MR) is 106 cm³/mol. The van der Waals surface area contributed by atoms with E-state index in [9.17, 15) is 8.78 Å². The fourth-order valence-electron chi connectivity index (χ4n) is 2.29. The fourth-order valence-corrected chi connectivity index (χ4v) is 4.40. The van der Waals surface area contributed by atoms with E-state index in [0.29, 0.717) is 6.42 Å². The van der Waals surface area contributed by atoms with Crippen LogP contribution in [0.1, 0.15) is 30.4 Å². The number of halogens is 2. The van der Waals surface area contributed by atoms with Gasteiger partial charge < -0.3 is 9.05 Å². The van der Waals surface area contributed by atoms with Gasteiger partial charge in [0.05, 0.1) is 13.2 Å². The summed E-state index contributed by atoms with van der Waals surface area (Å²) in [6.45, 7) is -0.250. The lowest BCUT2D eigenvalue weighted by atomic mass is 10.2. The van der Waals surface area contributed by atoms with Crippen LogP contribution < -0.4 is 0 Å². The van der Waals surface area contributed by atoms with Crippen molar-refractivity contribution in [3.05, 3.63) is 84.4 Å². The van der Waals surface area contributed by atoms with Crippen LogP contribution in [0, 0.1) is 0 Å². The average molecular weight is 396 g/mol. The van der Waals surface area contributed by atoms with Gasteiger partial charge in [-0.1, -0.05) is 66.7 Å². The molecule has 0 radical (unpaired) electrons. The Bertz CT molecular complexity index is 676. The van der Waals surface area contributed by atoms with Gasteiger partial charge in [0.2, 0.25) is 0 Å². The number of allylic oxidation sites excluding steroid dienone is 1. The van der Waals surface area contributed by atoms with Gasteiger partial charge in [-0.3, -0.25) is 0 Å². The Balaban J connectivity index is 2.12. The maximum Gasteiger partial charge on any atom is 0.320 e. The van der Waals surface area contributed by atoms with E-state index in [4.69, 9.17) is 20.9 Å². The lowest BCUT2D eigenvalue weighted by Crippen LogP contribution is -2.20. The standard InChI is InChI=1S/C20H23F2O2PS/c1-2-3-10-15-20(21,22)25(26,23-16-18-11-6-4-7-12-18)24-17-19-13-8-5-9-14-19/h2,4-9,11-14H,1,3,10,15-17H2. The summed E-state index contributed by atoms with van der Waals surface area (Å²) < 4.78 is 40.8. The van der Waals surface area contributed by atoms with Crippen LogP contribution in [0.3, 0.4) is 0 Å². The van der Waals surface area contributed by atoms with Gasteiger partial charge in [0.15, 0.2) is 0 Å². The number of alkyl halides is 2. The van der Waals surface area contributed by atoms with Gasteiger partial charge >= 0.3 is 5.66 Å². The van der Waals surface area contributed by atoms with Crippen LogP contribution in [0.4, 0.5) is 8.78 Å². The van der Waals surface area contributed by atoms with Gasteiger partial charge in [-0.15, -0.1) is 6.58 Å². The molecule has 6 heteroatoms. The van der Waals surface area contributed by atoms with E-state index >= 15 is 0 Å². The summed E-state index contributed by atoms with van der Waals surface area (Å²) in [7, 11) is 0. The normalized spacial score (nSPS) is 12.1. The van der Waals surface area contributed by atoms with Crippen LogP contribution in [-0.4, -0.2) is 5.66 Å². The van der Waals surface area contributed by atoms with Gasteiger partial charge in [0.1, 0.15) is 0 Å². The zero-order valence-corrected chi connectivity index (χ0v) is 16.2. The third kappa shape index (κ3) is 6.10. The Labute approximate surface area is 159 Å². The Kier molecular flexibility index (Phi) is 8.11. The summed E-state index contributed by atoms with van der Waals surface area (Å²) in [6.07, 6.45) is 2.04. The van der Waals surface area contributed by atoms with Crippen LogP contribution in [0.5, 0.6) is 0 Å². The molecule has 0 saturated carbocycles. The Morgan fingerprint density at radius 2 is 1.38 bits per heavy atom. The van der Waals surface area contributed by atoms with Crippen LogP contribution in [-0.2, 0) is 34.1 Å².